The molecular weight excluding hydrogens is 376 g/mol. The molecule has 0 aliphatic heterocycles. The maximum atomic E-state index is 12.4. The molecule has 1 heterocycles. The molecule has 7 nitrogen and oxygen atoms in total. The third kappa shape index (κ3) is 4.83. The van der Waals surface area contributed by atoms with Crippen LogP contribution in [0.15, 0.2) is 22.5 Å². The van der Waals surface area contributed by atoms with Gasteiger partial charge in [0, 0.05) is 10.6 Å². The summed E-state index contributed by atoms with van der Waals surface area (Å²) in [7, 11) is 2.47. The summed E-state index contributed by atoms with van der Waals surface area (Å²) in [5.41, 5.74) is 1.41. The topological polar surface area (TPSA) is 94.6 Å². The highest BCUT2D eigenvalue weighted by molar-refractivity contribution is 8.00. The molecule has 0 saturated heterocycles. The molecule has 0 radical (unpaired) electrons. The number of ether oxygens (including phenoxy) is 2. The van der Waals surface area contributed by atoms with Crippen molar-refractivity contribution in [2.45, 2.75) is 17.7 Å². The van der Waals surface area contributed by atoms with Gasteiger partial charge in [-0.2, -0.15) is 0 Å². The molecule has 0 spiro atoms. The normalized spacial score (nSPS) is 10.3. The average Bonchev–Trinajstić information content (AvgIpc) is 2.99. The van der Waals surface area contributed by atoms with Crippen molar-refractivity contribution in [1.82, 2.24) is 4.98 Å². The van der Waals surface area contributed by atoms with Gasteiger partial charge in [-0.15, -0.1) is 11.3 Å². The van der Waals surface area contributed by atoms with Crippen molar-refractivity contribution in [2.24, 2.45) is 0 Å². The number of hydrogen-bond donors (Lipinski definition) is 1. The van der Waals surface area contributed by atoms with Crippen LogP contribution in [0.25, 0.3) is 0 Å². The van der Waals surface area contributed by atoms with Crippen LogP contribution in [0.1, 0.15) is 31.3 Å². The number of anilines is 1. The number of esters is 2. The summed E-state index contributed by atoms with van der Waals surface area (Å²) in [4.78, 5) is 41.2. The number of aromatic nitrogens is 1. The zero-order valence-electron chi connectivity index (χ0n) is 14.7. The quantitative estimate of drug-likeness (QED) is 0.594. The molecule has 9 heteroatoms. The van der Waals surface area contributed by atoms with Crippen LogP contribution in [-0.4, -0.2) is 43.3 Å². The molecule has 0 unspecified atom stereocenters. The van der Waals surface area contributed by atoms with Crippen molar-refractivity contribution in [3.8, 4) is 0 Å². The van der Waals surface area contributed by atoms with Crippen molar-refractivity contribution in [2.75, 3.05) is 25.8 Å². The monoisotopic (exact) mass is 394 g/mol. The van der Waals surface area contributed by atoms with Gasteiger partial charge in [-0.05, 0) is 31.4 Å². The van der Waals surface area contributed by atoms with Crippen molar-refractivity contribution in [1.29, 1.82) is 0 Å². The molecule has 2 aromatic rings. The first-order valence-corrected chi connectivity index (χ1v) is 9.54. The van der Waals surface area contributed by atoms with E-state index in [-0.39, 0.29) is 23.5 Å². The van der Waals surface area contributed by atoms with Crippen LogP contribution in [0.4, 0.5) is 5.69 Å². The highest BCUT2D eigenvalue weighted by Gasteiger charge is 2.16. The van der Waals surface area contributed by atoms with Gasteiger partial charge in [-0.25, -0.2) is 14.6 Å². The Kier molecular flexibility index (Phi) is 6.76. The molecule has 138 valence electrons. The van der Waals surface area contributed by atoms with Crippen molar-refractivity contribution < 1.29 is 23.9 Å². The summed E-state index contributed by atoms with van der Waals surface area (Å²) in [5, 5.41) is 2.70. The number of carbonyl (C=O) groups is 3. The smallest absolute Gasteiger partial charge is 0.337 e. The van der Waals surface area contributed by atoms with Gasteiger partial charge in [-0.1, -0.05) is 11.8 Å². The number of hydrogen-bond acceptors (Lipinski definition) is 8. The molecule has 26 heavy (non-hydrogen) atoms. The number of thiazole rings is 1. The molecule has 0 atom stereocenters. The van der Waals surface area contributed by atoms with Gasteiger partial charge in [0.05, 0.1) is 37.5 Å². The van der Waals surface area contributed by atoms with E-state index < -0.39 is 11.9 Å². The van der Waals surface area contributed by atoms with Crippen LogP contribution in [0.3, 0.4) is 0 Å². The van der Waals surface area contributed by atoms with Crippen LogP contribution in [0, 0.1) is 6.92 Å². The molecule has 1 N–H and O–H groups in total. The second-order valence-electron chi connectivity index (χ2n) is 5.20. The van der Waals surface area contributed by atoms with E-state index in [1.807, 2.05) is 13.2 Å². The predicted molar refractivity (Wildman–Crippen MR) is 100 cm³/mol. The Bertz CT molecular complexity index is 813. The molecular formula is C17H18N2O5S2. The first-order valence-electron chi connectivity index (χ1n) is 7.49. The molecule has 1 aromatic carbocycles. The highest BCUT2D eigenvalue weighted by Crippen LogP contribution is 2.26. The van der Waals surface area contributed by atoms with Gasteiger partial charge in [-0.3, -0.25) is 4.79 Å². The van der Waals surface area contributed by atoms with Crippen LogP contribution in [0.2, 0.25) is 0 Å². The Morgan fingerprint density at radius 1 is 1.12 bits per heavy atom. The number of amides is 1. The van der Waals surface area contributed by atoms with E-state index in [1.165, 1.54) is 55.5 Å². The Morgan fingerprint density at radius 3 is 2.15 bits per heavy atom. The molecule has 1 aromatic heterocycles. The molecule has 0 bridgehead atoms. The summed E-state index contributed by atoms with van der Waals surface area (Å²) >= 11 is 2.99. The lowest BCUT2D eigenvalue weighted by molar-refractivity contribution is -0.115. The molecule has 0 saturated carbocycles. The number of nitrogens with one attached hydrogen (secondary N) is 1. The van der Waals surface area contributed by atoms with E-state index in [0.717, 1.165) is 14.9 Å². The van der Waals surface area contributed by atoms with E-state index in [2.05, 4.69) is 19.8 Å². The standard InChI is InChI=1S/C17H18N2O5S2/c1-9-13(26-17(18-9)25-4)8-14(20)19-12-6-10(15(21)23-2)5-11(7-12)16(22)24-3/h5-7H,8H2,1-4H3,(H,19,20). The minimum Gasteiger partial charge on any atom is -0.465 e. The number of benzene rings is 1. The predicted octanol–water partition coefficient (Wildman–Crippen LogP) is 2.93. The number of rotatable bonds is 6. The summed E-state index contributed by atoms with van der Waals surface area (Å²) in [6, 6.07) is 4.25. The van der Waals surface area contributed by atoms with Gasteiger partial charge in [0.1, 0.15) is 4.34 Å². The van der Waals surface area contributed by atoms with E-state index in [1.54, 1.807) is 0 Å². The lowest BCUT2D eigenvalue weighted by Crippen LogP contribution is -2.16. The molecule has 1 amide bonds. The minimum absolute atomic E-state index is 0.143. The number of carbonyl (C=O) groups excluding carboxylic acids is 3. The van der Waals surface area contributed by atoms with E-state index in [4.69, 9.17) is 0 Å². The van der Waals surface area contributed by atoms with Crippen LogP contribution in [-0.2, 0) is 20.7 Å². The molecule has 0 aliphatic rings. The summed E-state index contributed by atoms with van der Waals surface area (Å²) < 4.78 is 10.3. The van der Waals surface area contributed by atoms with Gasteiger partial charge in [0.2, 0.25) is 5.91 Å². The van der Waals surface area contributed by atoms with Crippen LogP contribution < -0.4 is 5.32 Å². The van der Waals surface area contributed by atoms with Gasteiger partial charge < -0.3 is 14.8 Å². The summed E-state index contributed by atoms with van der Waals surface area (Å²) in [6.45, 7) is 1.85. The number of thioether (sulfide) groups is 1. The molecule has 0 fully saturated rings. The SMILES string of the molecule is COC(=O)c1cc(NC(=O)Cc2sc(SC)nc2C)cc(C(=O)OC)c1. The Labute approximate surface area is 159 Å². The van der Waals surface area contributed by atoms with Crippen molar-refractivity contribution >= 4 is 46.6 Å². The van der Waals surface area contributed by atoms with E-state index >= 15 is 0 Å². The third-order valence-corrected chi connectivity index (χ3v) is 5.57. The highest BCUT2D eigenvalue weighted by atomic mass is 32.2. The minimum atomic E-state index is -0.617. The lowest BCUT2D eigenvalue weighted by Gasteiger charge is -2.09. The Morgan fingerprint density at radius 2 is 1.69 bits per heavy atom. The average molecular weight is 394 g/mol. The fourth-order valence-corrected chi connectivity index (χ4v) is 3.83. The molecule has 2 rings (SSSR count). The summed E-state index contributed by atoms with van der Waals surface area (Å²) in [5.74, 6) is -1.51. The van der Waals surface area contributed by atoms with Gasteiger partial charge >= 0.3 is 11.9 Å². The number of methoxy groups -OCH3 is 2. The zero-order chi connectivity index (χ0) is 19.3. The second-order valence-corrected chi connectivity index (χ2v) is 7.34. The molecule has 0 aliphatic carbocycles. The van der Waals surface area contributed by atoms with E-state index in [0.29, 0.717) is 5.69 Å². The summed E-state index contributed by atoms with van der Waals surface area (Å²) in [6.07, 6.45) is 2.08. The van der Waals surface area contributed by atoms with E-state index in [9.17, 15) is 14.4 Å². The van der Waals surface area contributed by atoms with Gasteiger partial charge in [0.15, 0.2) is 0 Å². The maximum absolute atomic E-state index is 12.4. The first-order chi connectivity index (χ1) is 12.4. The van der Waals surface area contributed by atoms with Crippen molar-refractivity contribution in [3.63, 3.8) is 0 Å². The van der Waals surface area contributed by atoms with Gasteiger partial charge in [0.25, 0.3) is 0 Å². The fourth-order valence-electron chi connectivity index (χ4n) is 2.17. The Balaban J connectivity index is 2.23. The largest absolute Gasteiger partial charge is 0.465 e. The third-order valence-electron chi connectivity index (χ3n) is 3.43. The Hall–Kier alpha value is -2.39. The van der Waals surface area contributed by atoms with Crippen LogP contribution >= 0.6 is 23.1 Å². The zero-order valence-corrected chi connectivity index (χ0v) is 16.4. The van der Waals surface area contributed by atoms with Crippen LogP contribution in [0.5, 0.6) is 0 Å². The lowest BCUT2D eigenvalue weighted by atomic mass is 10.1. The second kappa shape index (κ2) is 8.81. The first kappa shape index (κ1) is 19.9. The number of nitrogens with zero attached hydrogens (tertiary/aromatic N) is 1. The maximum Gasteiger partial charge on any atom is 0.337 e. The fraction of sp³-hybridized carbons (Fsp3) is 0.294. The number of aryl methyl sites for hydroxylation is 1. The van der Waals surface area contributed by atoms with Crippen molar-refractivity contribution in [3.05, 3.63) is 39.9 Å².